The third kappa shape index (κ3) is 2.60. The van der Waals surface area contributed by atoms with Crippen molar-refractivity contribution in [3.05, 3.63) is 45.4 Å². The van der Waals surface area contributed by atoms with E-state index in [0.29, 0.717) is 0 Å². The molecule has 1 atom stereocenters. The molecule has 1 unspecified atom stereocenters. The molecule has 0 N–H and O–H groups in total. The Balaban J connectivity index is 1.85. The molecular weight excluding hydrogens is 292 g/mol. The van der Waals surface area contributed by atoms with E-state index in [9.17, 15) is 4.79 Å². The van der Waals surface area contributed by atoms with Crippen molar-refractivity contribution in [3.8, 4) is 0 Å². The van der Waals surface area contributed by atoms with Crippen LogP contribution < -0.4 is 0 Å². The lowest BCUT2D eigenvalue weighted by Crippen LogP contribution is -2.40. The van der Waals surface area contributed by atoms with Crippen LogP contribution in [0.25, 0.3) is 0 Å². The Kier molecular flexibility index (Phi) is 4.39. The topological polar surface area (TPSA) is 25.2 Å². The van der Waals surface area contributed by atoms with Gasteiger partial charge in [-0.2, -0.15) is 0 Å². The first-order valence-electron chi connectivity index (χ1n) is 8.23. The van der Waals surface area contributed by atoms with Gasteiger partial charge in [-0.1, -0.05) is 20.3 Å². The summed E-state index contributed by atoms with van der Waals surface area (Å²) >= 11 is 1.70. The Labute approximate surface area is 136 Å². The number of fused-ring (bicyclic) bond motifs is 1. The van der Waals surface area contributed by atoms with Gasteiger partial charge in [0.05, 0.1) is 10.9 Å². The summed E-state index contributed by atoms with van der Waals surface area (Å²) < 4.78 is 2.25. The number of hydrogen-bond donors (Lipinski definition) is 0. The summed E-state index contributed by atoms with van der Waals surface area (Å²) in [4.78, 5) is 17.3. The van der Waals surface area contributed by atoms with Gasteiger partial charge in [-0.25, -0.2) is 0 Å². The molecule has 3 nitrogen and oxygen atoms in total. The molecule has 3 heterocycles. The molecule has 3 rings (SSSR count). The first kappa shape index (κ1) is 15.3. The smallest absolute Gasteiger partial charge is 0.264 e. The van der Waals surface area contributed by atoms with Crippen molar-refractivity contribution in [1.82, 2.24) is 9.47 Å². The predicted octanol–water partition coefficient (Wildman–Crippen LogP) is 4.28. The van der Waals surface area contributed by atoms with Gasteiger partial charge in [-0.3, -0.25) is 4.79 Å². The maximum absolute atomic E-state index is 13.0. The molecule has 0 spiro atoms. The van der Waals surface area contributed by atoms with Crippen LogP contribution in [0.5, 0.6) is 0 Å². The Morgan fingerprint density at radius 2 is 2.18 bits per heavy atom. The van der Waals surface area contributed by atoms with Crippen molar-refractivity contribution < 1.29 is 4.79 Å². The van der Waals surface area contributed by atoms with Gasteiger partial charge in [0, 0.05) is 29.9 Å². The van der Waals surface area contributed by atoms with E-state index in [-0.39, 0.29) is 11.9 Å². The largest absolute Gasteiger partial charge is 0.348 e. The number of carbonyl (C=O) groups is 1. The average Bonchev–Trinajstić information content (AvgIpc) is 3.14. The lowest BCUT2D eigenvalue weighted by molar-refractivity contribution is 0.0649. The third-order valence-electron chi connectivity index (χ3n) is 4.57. The Hall–Kier alpha value is -1.55. The molecule has 22 heavy (non-hydrogen) atoms. The number of amides is 1. The number of rotatable bonds is 4. The van der Waals surface area contributed by atoms with Crippen LogP contribution in [0.1, 0.15) is 59.0 Å². The summed E-state index contributed by atoms with van der Waals surface area (Å²) in [6, 6.07) is 6.47. The number of hydrogen-bond acceptors (Lipinski definition) is 2. The Morgan fingerprint density at radius 3 is 2.91 bits per heavy atom. The monoisotopic (exact) mass is 316 g/mol. The lowest BCUT2D eigenvalue weighted by Gasteiger charge is -2.34. The third-order valence-corrected chi connectivity index (χ3v) is 5.79. The van der Waals surface area contributed by atoms with Crippen LogP contribution >= 0.6 is 11.3 Å². The first-order chi connectivity index (χ1) is 10.7. The minimum atomic E-state index is 0.151. The summed E-state index contributed by atoms with van der Waals surface area (Å²) in [5, 5.41) is 0. The molecule has 0 bridgehead atoms. The van der Waals surface area contributed by atoms with Gasteiger partial charge >= 0.3 is 0 Å². The summed E-state index contributed by atoms with van der Waals surface area (Å²) in [6.45, 7) is 8.19. The van der Waals surface area contributed by atoms with Crippen molar-refractivity contribution in [3.63, 3.8) is 0 Å². The van der Waals surface area contributed by atoms with Gasteiger partial charge < -0.3 is 9.47 Å². The molecule has 0 aliphatic carbocycles. The molecule has 1 aliphatic rings. The fourth-order valence-corrected chi connectivity index (χ4v) is 4.62. The fraction of sp³-hybridized carbons (Fsp3) is 0.500. The number of thiophene rings is 1. The normalized spacial score (nSPS) is 17.6. The van der Waals surface area contributed by atoms with Gasteiger partial charge in [-0.05, 0) is 43.5 Å². The minimum Gasteiger partial charge on any atom is -0.348 e. The van der Waals surface area contributed by atoms with E-state index in [0.717, 1.165) is 37.2 Å². The van der Waals surface area contributed by atoms with Crippen LogP contribution in [0.3, 0.4) is 0 Å². The van der Waals surface area contributed by atoms with E-state index in [4.69, 9.17) is 0 Å². The molecule has 0 aromatic carbocycles. The summed E-state index contributed by atoms with van der Waals surface area (Å²) in [5.74, 6) is 0.196. The van der Waals surface area contributed by atoms with Crippen molar-refractivity contribution in [2.24, 2.45) is 0 Å². The zero-order valence-electron chi connectivity index (χ0n) is 13.6. The summed E-state index contributed by atoms with van der Waals surface area (Å²) in [5.41, 5.74) is 2.59. The lowest BCUT2D eigenvalue weighted by atomic mass is 10.1. The molecule has 0 saturated carbocycles. The van der Waals surface area contributed by atoms with E-state index >= 15 is 0 Å². The molecule has 2 aromatic heterocycles. The molecule has 1 amide bonds. The zero-order valence-corrected chi connectivity index (χ0v) is 14.4. The number of aryl methyl sites for hydroxylation is 2. The van der Waals surface area contributed by atoms with Crippen molar-refractivity contribution in [2.45, 2.75) is 52.6 Å². The molecule has 1 aliphatic heterocycles. The average molecular weight is 316 g/mol. The molecule has 4 heteroatoms. The van der Waals surface area contributed by atoms with E-state index in [1.54, 1.807) is 11.3 Å². The van der Waals surface area contributed by atoms with Crippen molar-refractivity contribution >= 4 is 17.2 Å². The van der Waals surface area contributed by atoms with Crippen molar-refractivity contribution in [2.75, 3.05) is 6.54 Å². The van der Waals surface area contributed by atoms with E-state index in [1.165, 1.54) is 16.1 Å². The van der Waals surface area contributed by atoms with Gasteiger partial charge in [0.2, 0.25) is 0 Å². The molecular formula is C18H24N2OS. The quantitative estimate of drug-likeness (QED) is 0.826. The molecule has 118 valence electrons. The predicted molar refractivity (Wildman–Crippen MR) is 91.6 cm³/mol. The molecule has 0 fully saturated rings. The Morgan fingerprint density at radius 1 is 1.36 bits per heavy atom. The highest BCUT2D eigenvalue weighted by Crippen LogP contribution is 2.31. The zero-order chi connectivity index (χ0) is 15.7. The van der Waals surface area contributed by atoms with Crippen LogP contribution in [-0.4, -0.2) is 21.9 Å². The second kappa shape index (κ2) is 6.29. The number of aromatic nitrogens is 1. The first-order valence-corrected chi connectivity index (χ1v) is 9.04. The number of nitrogens with zero attached hydrogens (tertiary/aromatic N) is 2. The summed E-state index contributed by atoms with van der Waals surface area (Å²) in [6.07, 6.45) is 5.33. The van der Waals surface area contributed by atoms with Crippen LogP contribution in [-0.2, 0) is 19.4 Å². The van der Waals surface area contributed by atoms with Crippen LogP contribution in [0.4, 0.5) is 0 Å². The maximum Gasteiger partial charge on any atom is 0.264 e. The van der Waals surface area contributed by atoms with E-state index in [2.05, 4.69) is 49.7 Å². The molecule has 2 aromatic rings. The number of carbonyl (C=O) groups excluding carboxylic acids is 1. The second-order valence-electron chi connectivity index (χ2n) is 5.96. The van der Waals surface area contributed by atoms with Gasteiger partial charge in [0.1, 0.15) is 0 Å². The van der Waals surface area contributed by atoms with Crippen LogP contribution in [0, 0.1) is 0 Å². The molecule has 0 saturated heterocycles. The van der Waals surface area contributed by atoms with Gasteiger partial charge in [-0.15, -0.1) is 11.3 Å². The highest BCUT2D eigenvalue weighted by Gasteiger charge is 2.29. The second-order valence-corrected chi connectivity index (χ2v) is 7.10. The SMILES string of the molecule is CCCc1sc(C(=O)N2CCn3cccc3C2C)cc1CC. The Bertz CT molecular complexity index is 670. The van der Waals surface area contributed by atoms with E-state index in [1.807, 2.05) is 4.90 Å². The minimum absolute atomic E-state index is 0.151. The van der Waals surface area contributed by atoms with Crippen LogP contribution in [0.15, 0.2) is 24.4 Å². The van der Waals surface area contributed by atoms with Crippen LogP contribution in [0.2, 0.25) is 0 Å². The standard InChI is InChI=1S/C18H24N2OS/c1-4-7-16-14(5-2)12-17(22-16)18(21)20-11-10-19-9-6-8-15(19)13(20)3/h6,8-9,12-13H,4-5,7,10-11H2,1-3H3. The van der Waals surface area contributed by atoms with Gasteiger partial charge in [0.15, 0.2) is 0 Å². The van der Waals surface area contributed by atoms with Gasteiger partial charge in [0.25, 0.3) is 5.91 Å². The summed E-state index contributed by atoms with van der Waals surface area (Å²) in [7, 11) is 0. The van der Waals surface area contributed by atoms with E-state index < -0.39 is 0 Å². The van der Waals surface area contributed by atoms with Crippen molar-refractivity contribution in [1.29, 1.82) is 0 Å². The highest BCUT2D eigenvalue weighted by atomic mass is 32.1. The highest BCUT2D eigenvalue weighted by molar-refractivity contribution is 7.14. The molecule has 0 radical (unpaired) electrons. The maximum atomic E-state index is 13.0. The fourth-order valence-electron chi connectivity index (χ4n) is 3.31.